The van der Waals surface area contributed by atoms with E-state index in [4.69, 9.17) is 19.7 Å². The summed E-state index contributed by atoms with van der Waals surface area (Å²) in [5.41, 5.74) is 13.7. The molecular formula is C57H68N10O7S. The number of nitrogen functional groups attached to an aromatic ring is 1. The number of nitrogens with one attached hydrogen (secondary N) is 1. The Morgan fingerprint density at radius 3 is 2.41 bits per heavy atom. The number of amides is 2. The van der Waals surface area contributed by atoms with Gasteiger partial charge in [0.25, 0.3) is 0 Å². The standard InChI is InChI=1S/C57H68N10O7S/c1-34(2)53(57(71)67-32-42(68)27-48(67)56(70)61-35(3)39-11-13-40(14-12-39)54-36(4)60-33-75-54)50-30-51(64-74-50)66-23-16-38(17-24-66)31-65-21-18-43(19-22-65)72-44-28-45(29-44)73-52-25-37(15-20-59-52)9-10-41-26-47(62-63-55(41)58)46-7-5-6-8-49(46)69/h5-15,20,25-26,30,33-35,38,42-45,48,53,68-69H,16-19,21-24,27-29,31-32H2,1-4H3,(H2,58,63)(H,61,70)/b10-9+/t35-,42+,44-,45-,48-,53-/m0/s1. The summed E-state index contributed by atoms with van der Waals surface area (Å²) < 4.78 is 18.7. The predicted octanol–water partition coefficient (Wildman–Crippen LogP) is 8.30. The number of anilines is 2. The number of aliphatic hydroxyl groups is 1. The second kappa shape index (κ2) is 23.0. The number of rotatable bonds is 17. The Labute approximate surface area is 442 Å². The van der Waals surface area contributed by atoms with E-state index in [9.17, 15) is 19.8 Å². The summed E-state index contributed by atoms with van der Waals surface area (Å²) in [7, 11) is 0. The van der Waals surface area contributed by atoms with Crippen LogP contribution in [0, 0.1) is 18.8 Å². The summed E-state index contributed by atoms with van der Waals surface area (Å²) in [6.45, 7) is 12.8. The van der Waals surface area contributed by atoms with Crippen LogP contribution in [-0.2, 0) is 14.3 Å². The van der Waals surface area contributed by atoms with Gasteiger partial charge in [0.05, 0.1) is 46.1 Å². The number of aryl methyl sites for hydroxylation is 1. The number of β-amino-alcohol motifs (C(OH)–C–C–N with tert-alkyl or cyclic N) is 1. The van der Waals surface area contributed by atoms with Crippen LogP contribution in [0.2, 0.25) is 0 Å². The topological polar surface area (TPSA) is 218 Å². The predicted molar refractivity (Wildman–Crippen MR) is 289 cm³/mol. The average molecular weight is 1040 g/mol. The van der Waals surface area contributed by atoms with Gasteiger partial charge in [-0.15, -0.1) is 21.5 Å². The third-order valence-electron chi connectivity index (χ3n) is 15.4. The van der Waals surface area contributed by atoms with E-state index < -0.39 is 18.1 Å². The minimum atomic E-state index is -0.804. The fourth-order valence-electron chi connectivity index (χ4n) is 10.9. The molecule has 4 fully saturated rings. The molecule has 17 nitrogen and oxygen atoms in total. The van der Waals surface area contributed by atoms with Crippen LogP contribution in [0.5, 0.6) is 11.6 Å². The van der Waals surface area contributed by atoms with Crippen molar-refractivity contribution >= 4 is 46.9 Å². The van der Waals surface area contributed by atoms with Gasteiger partial charge in [-0.05, 0) is 92.3 Å². The maximum atomic E-state index is 14.4. The van der Waals surface area contributed by atoms with Crippen molar-refractivity contribution in [1.29, 1.82) is 0 Å². The Morgan fingerprint density at radius 1 is 0.907 bits per heavy atom. The van der Waals surface area contributed by atoms with Gasteiger partial charge < -0.3 is 50.0 Å². The molecule has 10 rings (SSSR count). The number of para-hydroxylation sites is 1. The molecule has 2 amide bonds. The fraction of sp³-hybridized carbons (Fsp3) is 0.456. The van der Waals surface area contributed by atoms with Crippen LogP contribution in [0.25, 0.3) is 33.9 Å². The number of nitrogens with two attached hydrogens (primary N) is 1. The van der Waals surface area contributed by atoms with Crippen molar-refractivity contribution < 1.29 is 33.8 Å². The number of benzene rings is 2. The van der Waals surface area contributed by atoms with Crippen LogP contribution in [0.1, 0.15) is 106 Å². The minimum Gasteiger partial charge on any atom is -0.507 e. The molecule has 1 aliphatic carbocycles. The van der Waals surface area contributed by atoms with E-state index in [1.54, 1.807) is 41.8 Å². The number of aromatic hydroxyl groups is 1. The monoisotopic (exact) mass is 1040 g/mol. The molecule has 75 heavy (non-hydrogen) atoms. The van der Waals surface area contributed by atoms with Crippen LogP contribution >= 0.6 is 11.3 Å². The Bertz CT molecular complexity index is 2940. The summed E-state index contributed by atoms with van der Waals surface area (Å²) in [6.07, 6.45) is 11.2. The molecule has 4 aromatic heterocycles. The van der Waals surface area contributed by atoms with Crippen LogP contribution in [0.3, 0.4) is 0 Å². The highest BCUT2D eigenvalue weighted by molar-refractivity contribution is 7.13. The number of aliphatic hydroxyl groups excluding tert-OH is 1. The minimum absolute atomic E-state index is 0.0548. The number of nitrogens with zero attached hydrogens (tertiary/aromatic N) is 8. The summed E-state index contributed by atoms with van der Waals surface area (Å²) >= 11 is 1.60. The van der Waals surface area contributed by atoms with Crippen molar-refractivity contribution in [1.82, 2.24) is 40.4 Å². The molecule has 4 atom stereocenters. The Kier molecular flexibility index (Phi) is 15.9. The van der Waals surface area contributed by atoms with Gasteiger partial charge in [-0.3, -0.25) is 9.59 Å². The Hall–Kier alpha value is -6.73. The number of carbonyl (C=O) groups excluding carboxylic acids is 2. The zero-order valence-electron chi connectivity index (χ0n) is 43.1. The maximum Gasteiger partial charge on any atom is 0.243 e. The van der Waals surface area contributed by atoms with E-state index in [0.29, 0.717) is 40.2 Å². The molecule has 0 unspecified atom stereocenters. The molecule has 0 bridgehead atoms. The van der Waals surface area contributed by atoms with E-state index in [2.05, 4.69) is 40.4 Å². The van der Waals surface area contributed by atoms with Crippen molar-refractivity contribution in [2.75, 3.05) is 49.9 Å². The lowest BCUT2D eigenvalue weighted by Crippen LogP contribution is -2.48. The molecule has 7 heterocycles. The number of phenols is 1. The second-order valence-corrected chi connectivity index (χ2v) is 21.9. The van der Waals surface area contributed by atoms with E-state index in [1.165, 1.54) is 4.90 Å². The zero-order chi connectivity index (χ0) is 52.2. The number of ether oxygens (including phenoxy) is 2. The van der Waals surface area contributed by atoms with Crippen LogP contribution in [0.4, 0.5) is 11.6 Å². The zero-order valence-corrected chi connectivity index (χ0v) is 43.9. The van der Waals surface area contributed by atoms with Gasteiger partial charge in [0.15, 0.2) is 17.4 Å². The van der Waals surface area contributed by atoms with E-state index in [1.807, 2.05) is 93.9 Å². The molecule has 6 aromatic rings. The number of aromatic nitrogens is 5. The SMILES string of the molecule is Cc1ncsc1-c1ccc([C@H](C)NC(=O)[C@@H]2C[C@@H](O)CN2C(=O)[C@H](c2cc(N3CCC(CN4CCC(O[C@H]5C[C@H](Oc6cc(/C=C/c7cc(-c8ccccc8O)nnc7N)ccn6)C5)CC4)CC3)no2)C(C)C)cc1. The molecule has 0 radical (unpaired) electrons. The number of carbonyl (C=O) groups is 2. The molecule has 18 heteroatoms. The van der Waals surface area contributed by atoms with E-state index in [-0.39, 0.29) is 60.8 Å². The summed E-state index contributed by atoms with van der Waals surface area (Å²) in [6, 6.07) is 21.5. The number of hydrogen-bond acceptors (Lipinski definition) is 16. The van der Waals surface area contributed by atoms with Crippen LogP contribution in [-0.4, -0.2) is 127 Å². The van der Waals surface area contributed by atoms with Gasteiger partial charge in [0.2, 0.25) is 17.7 Å². The van der Waals surface area contributed by atoms with Gasteiger partial charge in [0, 0.05) is 88.0 Å². The first-order chi connectivity index (χ1) is 36.3. The first-order valence-electron chi connectivity index (χ1n) is 26.4. The van der Waals surface area contributed by atoms with E-state index >= 15 is 0 Å². The molecule has 3 saturated heterocycles. The maximum absolute atomic E-state index is 14.4. The van der Waals surface area contributed by atoms with Gasteiger partial charge in [-0.25, -0.2) is 9.97 Å². The molecular weight excluding hydrogens is 969 g/mol. The quantitative estimate of drug-likeness (QED) is 0.0675. The molecule has 4 aliphatic rings. The van der Waals surface area contributed by atoms with E-state index in [0.717, 1.165) is 104 Å². The first kappa shape index (κ1) is 51.7. The summed E-state index contributed by atoms with van der Waals surface area (Å²) in [5, 5.41) is 36.9. The molecule has 1 saturated carbocycles. The van der Waals surface area contributed by atoms with Crippen molar-refractivity contribution in [2.24, 2.45) is 11.8 Å². The summed E-state index contributed by atoms with van der Waals surface area (Å²) in [5.74, 6) is 1.46. The van der Waals surface area contributed by atoms with Gasteiger partial charge in [-0.2, -0.15) is 0 Å². The van der Waals surface area contributed by atoms with Crippen LogP contribution < -0.4 is 20.7 Å². The van der Waals surface area contributed by atoms with Crippen molar-refractivity contribution in [3.05, 3.63) is 113 Å². The highest BCUT2D eigenvalue weighted by Crippen LogP contribution is 2.36. The lowest BCUT2D eigenvalue weighted by atomic mass is 9.91. The number of phenolic OH excluding ortho intramolecular Hbond substituents is 1. The fourth-order valence-corrected chi connectivity index (χ4v) is 11.8. The van der Waals surface area contributed by atoms with Crippen LogP contribution in [0.15, 0.2) is 89.0 Å². The molecule has 2 aromatic carbocycles. The number of pyridine rings is 1. The number of piperidine rings is 2. The van der Waals surface area contributed by atoms with Crippen molar-refractivity contribution in [3.8, 4) is 33.3 Å². The Balaban J connectivity index is 0.642. The number of thiazole rings is 1. The van der Waals surface area contributed by atoms with Gasteiger partial charge >= 0.3 is 0 Å². The lowest BCUT2D eigenvalue weighted by molar-refractivity contribution is -0.141. The Morgan fingerprint density at radius 2 is 1.68 bits per heavy atom. The normalized spacial score (nSPS) is 21.6. The number of hydrogen-bond donors (Lipinski definition) is 4. The van der Waals surface area contributed by atoms with Crippen molar-refractivity contribution in [3.63, 3.8) is 0 Å². The highest BCUT2D eigenvalue weighted by atomic mass is 32.1. The third kappa shape index (κ3) is 12.2. The van der Waals surface area contributed by atoms with Gasteiger partial charge in [0.1, 0.15) is 23.8 Å². The number of likely N-dealkylation sites (tertiary alicyclic amines) is 2. The summed E-state index contributed by atoms with van der Waals surface area (Å²) in [4.78, 5) is 44.5. The lowest BCUT2D eigenvalue weighted by Gasteiger charge is -2.41. The highest BCUT2D eigenvalue weighted by Gasteiger charge is 2.44. The molecule has 0 spiro atoms. The first-order valence-corrected chi connectivity index (χ1v) is 27.3. The molecule has 394 valence electrons. The second-order valence-electron chi connectivity index (χ2n) is 21.1. The third-order valence-corrected chi connectivity index (χ3v) is 16.3. The van der Waals surface area contributed by atoms with Crippen molar-refractivity contribution in [2.45, 2.75) is 115 Å². The average Bonchev–Trinajstić information content (AvgIpc) is 4.17. The molecule has 5 N–H and O–H groups in total. The van der Waals surface area contributed by atoms with Gasteiger partial charge in [-0.1, -0.05) is 67.6 Å². The smallest absolute Gasteiger partial charge is 0.243 e. The molecule has 3 aliphatic heterocycles. The largest absolute Gasteiger partial charge is 0.507 e.